The summed E-state index contributed by atoms with van der Waals surface area (Å²) in [5.74, 6) is 1.48. The van der Waals surface area contributed by atoms with E-state index < -0.39 is 0 Å². The molecule has 0 radical (unpaired) electrons. The summed E-state index contributed by atoms with van der Waals surface area (Å²) >= 11 is 0. The number of pyridine rings is 1. The van der Waals surface area contributed by atoms with Gasteiger partial charge in [0, 0.05) is 26.3 Å². The summed E-state index contributed by atoms with van der Waals surface area (Å²) in [5.41, 5.74) is 0.541. The van der Waals surface area contributed by atoms with Crippen LogP contribution in [0.1, 0.15) is 60.9 Å². The second-order valence-corrected chi connectivity index (χ2v) is 6.53. The van der Waals surface area contributed by atoms with Crippen molar-refractivity contribution in [2.24, 2.45) is 0 Å². The van der Waals surface area contributed by atoms with E-state index in [0.717, 1.165) is 24.5 Å². The first-order valence-electron chi connectivity index (χ1n) is 8.40. The molecule has 1 saturated carbocycles. The van der Waals surface area contributed by atoms with Crippen LogP contribution in [0.25, 0.3) is 0 Å². The van der Waals surface area contributed by atoms with Crippen LogP contribution < -0.4 is 10.2 Å². The van der Waals surface area contributed by atoms with E-state index in [1.807, 2.05) is 32.0 Å². The topological polar surface area (TPSA) is 75.9 Å². The first-order valence-corrected chi connectivity index (χ1v) is 8.40. The Morgan fingerprint density at radius 2 is 2.08 bits per heavy atom. The number of nitrogens with one attached hydrogen (secondary N) is 1. The number of amides is 1. The Hall–Kier alpha value is -2.44. The summed E-state index contributed by atoms with van der Waals surface area (Å²) in [7, 11) is 3.83. The first kappa shape index (κ1) is 16.4. The Bertz CT molecular complexity index is 687. The molecule has 1 aliphatic rings. The van der Waals surface area contributed by atoms with E-state index in [-0.39, 0.29) is 11.9 Å². The molecule has 1 N–H and O–H groups in total. The maximum atomic E-state index is 12.4. The molecule has 0 aliphatic heterocycles. The van der Waals surface area contributed by atoms with Gasteiger partial charge in [-0.05, 0) is 31.9 Å². The molecule has 1 fully saturated rings. The molecule has 3 rings (SSSR count). The molecule has 7 nitrogen and oxygen atoms in total. The van der Waals surface area contributed by atoms with E-state index in [2.05, 4.69) is 25.1 Å². The van der Waals surface area contributed by atoms with Gasteiger partial charge in [0.1, 0.15) is 12.1 Å². The Balaban J connectivity index is 1.69. The van der Waals surface area contributed by atoms with Crippen LogP contribution in [0, 0.1) is 0 Å². The average Bonchev–Trinajstić information content (AvgIpc) is 3.25. The number of carbonyl (C=O) groups excluding carboxylic acids is 1. The van der Waals surface area contributed by atoms with Crippen molar-refractivity contribution >= 4 is 11.7 Å². The molecule has 2 aromatic rings. The predicted octanol–water partition coefficient (Wildman–Crippen LogP) is 2.35. The van der Waals surface area contributed by atoms with E-state index in [4.69, 9.17) is 0 Å². The van der Waals surface area contributed by atoms with Gasteiger partial charge in [0.2, 0.25) is 0 Å². The molecule has 0 aromatic carbocycles. The fourth-order valence-corrected chi connectivity index (χ4v) is 3.15. The van der Waals surface area contributed by atoms with Crippen molar-refractivity contribution in [1.29, 1.82) is 0 Å². The summed E-state index contributed by atoms with van der Waals surface area (Å²) in [6.07, 6.45) is 8.17. The zero-order chi connectivity index (χ0) is 17.1. The van der Waals surface area contributed by atoms with E-state index >= 15 is 0 Å². The molecule has 0 spiro atoms. The van der Waals surface area contributed by atoms with Crippen LogP contribution in [0.15, 0.2) is 24.7 Å². The highest BCUT2D eigenvalue weighted by Gasteiger charge is 2.23. The third-order valence-electron chi connectivity index (χ3n) is 4.52. The van der Waals surface area contributed by atoms with Crippen molar-refractivity contribution in [3.05, 3.63) is 36.0 Å². The van der Waals surface area contributed by atoms with Gasteiger partial charge in [0.05, 0.1) is 11.6 Å². The van der Waals surface area contributed by atoms with E-state index in [9.17, 15) is 4.79 Å². The zero-order valence-electron chi connectivity index (χ0n) is 14.4. The van der Waals surface area contributed by atoms with Gasteiger partial charge in [0.25, 0.3) is 5.91 Å². The molecule has 24 heavy (non-hydrogen) atoms. The number of anilines is 1. The molecule has 1 aliphatic carbocycles. The molecule has 2 heterocycles. The monoisotopic (exact) mass is 328 g/mol. The standard InChI is InChI=1S/C17H24N6O/c1-12(16-21-19-11-23(16)14-6-4-5-7-14)20-17(24)13-8-9-15(18-10-13)22(2)3/h8-12,14H,4-7H2,1-3H3,(H,20,24). The summed E-state index contributed by atoms with van der Waals surface area (Å²) < 4.78 is 2.12. The van der Waals surface area contributed by atoms with Crippen LogP contribution in [-0.2, 0) is 0 Å². The molecular weight excluding hydrogens is 304 g/mol. The van der Waals surface area contributed by atoms with Crippen LogP contribution in [-0.4, -0.2) is 39.8 Å². The number of carbonyl (C=O) groups is 1. The minimum atomic E-state index is -0.200. The highest BCUT2D eigenvalue weighted by Crippen LogP contribution is 2.31. The highest BCUT2D eigenvalue weighted by atomic mass is 16.1. The molecule has 128 valence electrons. The van der Waals surface area contributed by atoms with Gasteiger partial charge in [-0.2, -0.15) is 0 Å². The quantitative estimate of drug-likeness (QED) is 0.912. The predicted molar refractivity (Wildman–Crippen MR) is 92.0 cm³/mol. The van der Waals surface area contributed by atoms with Gasteiger partial charge in [-0.25, -0.2) is 4.98 Å². The normalized spacial score (nSPS) is 16.1. The van der Waals surface area contributed by atoms with Crippen LogP contribution in [0.5, 0.6) is 0 Å². The van der Waals surface area contributed by atoms with Crippen molar-refractivity contribution in [3.63, 3.8) is 0 Å². The summed E-state index contributed by atoms with van der Waals surface area (Å²) in [5, 5.41) is 11.3. The van der Waals surface area contributed by atoms with Crippen molar-refractivity contribution in [3.8, 4) is 0 Å². The Morgan fingerprint density at radius 1 is 1.33 bits per heavy atom. The molecule has 1 amide bonds. The van der Waals surface area contributed by atoms with Crippen molar-refractivity contribution < 1.29 is 4.79 Å². The van der Waals surface area contributed by atoms with Crippen molar-refractivity contribution in [1.82, 2.24) is 25.1 Å². The second-order valence-electron chi connectivity index (χ2n) is 6.53. The first-order chi connectivity index (χ1) is 11.6. The van der Waals surface area contributed by atoms with Gasteiger partial charge in [-0.3, -0.25) is 4.79 Å². The smallest absolute Gasteiger partial charge is 0.253 e. The summed E-state index contributed by atoms with van der Waals surface area (Å²) in [6.45, 7) is 1.94. The molecule has 7 heteroatoms. The zero-order valence-corrected chi connectivity index (χ0v) is 14.4. The average molecular weight is 328 g/mol. The maximum absolute atomic E-state index is 12.4. The Morgan fingerprint density at radius 3 is 2.71 bits per heavy atom. The Kier molecular flexibility index (Phi) is 4.78. The SMILES string of the molecule is CC(NC(=O)c1ccc(N(C)C)nc1)c1nncn1C1CCCC1. The minimum Gasteiger partial charge on any atom is -0.363 e. The van der Waals surface area contributed by atoms with Crippen LogP contribution in [0.2, 0.25) is 0 Å². The second kappa shape index (κ2) is 6.98. The fraction of sp³-hybridized carbons (Fsp3) is 0.529. The van der Waals surface area contributed by atoms with Gasteiger partial charge >= 0.3 is 0 Å². The summed E-state index contributed by atoms with van der Waals surface area (Å²) in [6, 6.07) is 3.87. The lowest BCUT2D eigenvalue weighted by molar-refractivity contribution is 0.0937. The van der Waals surface area contributed by atoms with Gasteiger partial charge in [-0.1, -0.05) is 12.8 Å². The minimum absolute atomic E-state index is 0.152. The van der Waals surface area contributed by atoms with Crippen LogP contribution >= 0.6 is 0 Å². The number of nitrogens with zero attached hydrogens (tertiary/aromatic N) is 5. The molecule has 2 aromatic heterocycles. The molecular formula is C17H24N6O. The number of rotatable bonds is 5. The van der Waals surface area contributed by atoms with E-state index in [0.29, 0.717) is 11.6 Å². The number of hydrogen-bond acceptors (Lipinski definition) is 5. The maximum Gasteiger partial charge on any atom is 0.253 e. The van der Waals surface area contributed by atoms with Gasteiger partial charge < -0.3 is 14.8 Å². The van der Waals surface area contributed by atoms with E-state index in [1.54, 1.807) is 18.6 Å². The van der Waals surface area contributed by atoms with Gasteiger partial charge in [-0.15, -0.1) is 10.2 Å². The molecule has 1 atom stereocenters. The number of aromatic nitrogens is 4. The number of hydrogen-bond donors (Lipinski definition) is 1. The summed E-state index contributed by atoms with van der Waals surface area (Å²) in [4.78, 5) is 18.6. The largest absolute Gasteiger partial charge is 0.363 e. The van der Waals surface area contributed by atoms with Crippen molar-refractivity contribution in [2.45, 2.75) is 44.7 Å². The lowest BCUT2D eigenvalue weighted by Crippen LogP contribution is -2.29. The fourth-order valence-electron chi connectivity index (χ4n) is 3.15. The molecule has 0 saturated heterocycles. The Labute approximate surface area is 142 Å². The molecule has 1 unspecified atom stereocenters. The van der Waals surface area contributed by atoms with Crippen LogP contribution in [0.4, 0.5) is 5.82 Å². The van der Waals surface area contributed by atoms with Gasteiger partial charge in [0.15, 0.2) is 5.82 Å². The van der Waals surface area contributed by atoms with Crippen LogP contribution in [0.3, 0.4) is 0 Å². The lowest BCUT2D eigenvalue weighted by atomic mass is 10.2. The van der Waals surface area contributed by atoms with E-state index in [1.165, 1.54) is 12.8 Å². The van der Waals surface area contributed by atoms with Crippen molar-refractivity contribution in [2.75, 3.05) is 19.0 Å². The highest BCUT2D eigenvalue weighted by molar-refractivity contribution is 5.94. The third-order valence-corrected chi connectivity index (χ3v) is 4.52. The molecule has 0 bridgehead atoms. The lowest BCUT2D eigenvalue weighted by Gasteiger charge is -2.19. The third kappa shape index (κ3) is 3.39.